The summed E-state index contributed by atoms with van der Waals surface area (Å²) in [7, 11) is 0. The lowest BCUT2D eigenvalue weighted by atomic mass is 10.2. The van der Waals surface area contributed by atoms with Crippen molar-refractivity contribution in [3.8, 4) is 12.3 Å². The van der Waals surface area contributed by atoms with E-state index in [-0.39, 0.29) is 6.42 Å². The van der Waals surface area contributed by atoms with E-state index in [0.29, 0.717) is 0 Å². The number of carbonyl (C=O) groups excluding carboxylic acids is 1. The standard InChI is InChI=1S/C9H16N2O2/c1-5-6-7(10)8(12)11-13-9(2,3)4/h1,7H,6,10H2,2-4H3,(H,11,12). The SMILES string of the molecule is C#CCC(N)C(=O)NOC(C)(C)C. The monoisotopic (exact) mass is 184 g/mol. The summed E-state index contributed by atoms with van der Waals surface area (Å²) in [5, 5.41) is 0. The predicted molar refractivity (Wildman–Crippen MR) is 50.4 cm³/mol. The first-order valence-corrected chi connectivity index (χ1v) is 4.03. The molecule has 1 unspecified atom stereocenters. The summed E-state index contributed by atoms with van der Waals surface area (Å²) < 4.78 is 0. The summed E-state index contributed by atoms with van der Waals surface area (Å²) in [6.07, 6.45) is 5.21. The average molecular weight is 184 g/mol. The van der Waals surface area contributed by atoms with Crippen LogP contribution in [0, 0.1) is 12.3 Å². The summed E-state index contributed by atoms with van der Waals surface area (Å²) in [6, 6.07) is -0.702. The van der Waals surface area contributed by atoms with Crippen molar-refractivity contribution in [1.29, 1.82) is 0 Å². The third-order valence-corrected chi connectivity index (χ3v) is 1.13. The zero-order valence-electron chi connectivity index (χ0n) is 8.26. The van der Waals surface area contributed by atoms with Gasteiger partial charge in [0.2, 0.25) is 0 Å². The molecule has 0 aliphatic heterocycles. The highest BCUT2D eigenvalue weighted by molar-refractivity contribution is 5.80. The number of nitrogens with two attached hydrogens (primary N) is 1. The molecule has 1 amide bonds. The van der Waals surface area contributed by atoms with Gasteiger partial charge in [0.15, 0.2) is 0 Å². The summed E-state index contributed by atoms with van der Waals surface area (Å²) in [6.45, 7) is 5.46. The fourth-order valence-corrected chi connectivity index (χ4v) is 0.499. The van der Waals surface area contributed by atoms with Crippen molar-refractivity contribution in [3.05, 3.63) is 0 Å². The molecule has 3 N–H and O–H groups in total. The molecule has 0 bridgehead atoms. The van der Waals surface area contributed by atoms with Gasteiger partial charge in [0.1, 0.15) is 0 Å². The van der Waals surface area contributed by atoms with Crippen molar-refractivity contribution < 1.29 is 9.63 Å². The quantitative estimate of drug-likeness (QED) is 0.486. The zero-order chi connectivity index (χ0) is 10.5. The Hall–Kier alpha value is -1.05. The molecule has 0 aliphatic rings. The van der Waals surface area contributed by atoms with Gasteiger partial charge in [-0.2, -0.15) is 0 Å². The van der Waals surface area contributed by atoms with Crippen molar-refractivity contribution in [3.63, 3.8) is 0 Å². The summed E-state index contributed by atoms with van der Waals surface area (Å²) >= 11 is 0. The van der Waals surface area contributed by atoms with Gasteiger partial charge < -0.3 is 5.73 Å². The molecule has 0 aromatic rings. The van der Waals surface area contributed by atoms with E-state index in [4.69, 9.17) is 17.0 Å². The number of hydrogen-bond acceptors (Lipinski definition) is 3. The van der Waals surface area contributed by atoms with Crippen LogP contribution in [0.2, 0.25) is 0 Å². The molecule has 0 aromatic heterocycles. The van der Waals surface area contributed by atoms with Gasteiger partial charge in [0, 0.05) is 6.42 Å². The number of hydroxylamine groups is 1. The van der Waals surface area contributed by atoms with E-state index >= 15 is 0 Å². The second-order valence-electron chi connectivity index (χ2n) is 3.70. The number of amides is 1. The van der Waals surface area contributed by atoms with E-state index in [0.717, 1.165) is 0 Å². The Labute approximate surface area is 78.8 Å². The molecule has 0 spiro atoms. The van der Waals surface area contributed by atoms with E-state index in [1.54, 1.807) is 0 Å². The van der Waals surface area contributed by atoms with E-state index in [2.05, 4.69) is 11.4 Å². The molecule has 0 rings (SSSR count). The number of terminal acetylenes is 1. The minimum Gasteiger partial charge on any atom is -0.319 e. The molecule has 0 saturated carbocycles. The molecule has 4 heteroatoms. The summed E-state index contributed by atoms with van der Waals surface area (Å²) in [5.74, 6) is 1.91. The Morgan fingerprint density at radius 1 is 1.69 bits per heavy atom. The summed E-state index contributed by atoms with van der Waals surface area (Å²) in [4.78, 5) is 16.1. The van der Waals surface area contributed by atoms with Gasteiger partial charge in [-0.05, 0) is 20.8 Å². The van der Waals surface area contributed by atoms with Gasteiger partial charge >= 0.3 is 0 Å². The van der Waals surface area contributed by atoms with Crippen LogP contribution in [0.25, 0.3) is 0 Å². The van der Waals surface area contributed by atoms with Crippen molar-refractivity contribution in [2.75, 3.05) is 0 Å². The topological polar surface area (TPSA) is 64.4 Å². The van der Waals surface area contributed by atoms with Crippen LogP contribution in [0.4, 0.5) is 0 Å². The van der Waals surface area contributed by atoms with Crippen molar-refractivity contribution in [1.82, 2.24) is 5.48 Å². The number of hydrogen-bond donors (Lipinski definition) is 2. The largest absolute Gasteiger partial charge is 0.319 e. The Bertz CT molecular complexity index is 213. The van der Waals surface area contributed by atoms with E-state index in [1.165, 1.54) is 0 Å². The zero-order valence-corrected chi connectivity index (χ0v) is 8.26. The lowest BCUT2D eigenvalue weighted by Crippen LogP contribution is -2.43. The maximum absolute atomic E-state index is 11.1. The van der Waals surface area contributed by atoms with Gasteiger partial charge in [-0.15, -0.1) is 12.3 Å². The van der Waals surface area contributed by atoms with Crippen LogP contribution in [0.5, 0.6) is 0 Å². The fraction of sp³-hybridized carbons (Fsp3) is 0.667. The van der Waals surface area contributed by atoms with Gasteiger partial charge in [-0.3, -0.25) is 9.63 Å². The first-order chi connectivity index (χ1) is 5.87. The smallest absolute Gasteiger partial charge is 0.261 e. The second kappa shape index (κ2) is 4.85. The third-order valence-electron chi connectivity index (χ3n) is 1.13. The molecule has 4 nitrogen and oxygen atoms in total. The van der Waals surface area contributed by atoms with E-state index in [1.807, 2.05) is 20.8 Å². The third kappa shape index (κ3) is 6.14. The van der Waals surface area contributed by atoms with Gasteiger partial charge in [0.25, 0.3) is 5.91 Å². The van der Waals surface area contributed by atoms with Gasteiger partial charge in [-0.25, -0.2) is 5.48 Å². The van der Waals surface area contributed by atoms with Crippen LogP contribution in [0.1, 0.15) is 27.2 Å². The van der Waals surface area contributed by atoms with Crippen molar-refractivity contribution >= 4 is 5.91 Å². The number of nitrogens with one attached hydrogen (secondary N) is 1. The molecule has 0 fully saturated rings. The molecule has 0 radical (unpaired) electrons. The second-order valence-corrected chi connectivity index (χ2v) is 3.70. The number of rotatable bonds is 3. The Morgan fingerprint density at radius 3 is 2.62 bits per heavy atom. The fourth-order valence-electron chi connectivity index (χ4n) is 0.499. The normalized spacial score (nSPS) is 13.2. The van der Waals surface area contributed by atoms with Crippen molar-refractivity contribution in [2.45, 2.75) is 38.8 Å². The van der Waals surface area contributed by atoms with Crippen LogP contribution < -0.4 is 11.2 Å². The molecular weight excluding hydrogens is 168 g/mol. The predicted octanol–water partition coefficient (Wildman–Crippen LogP) is 0.183. The van der Waals surface area contributed by atoms with E-state index < -0.39 is 17.6 Å². The van der Waals surface area contributed by atoms with E-state index in [9.17, 15) is 4.79 Å². The Kier molecular flexibility index (Phi) is 4.46. The first-order valence-electron chi connectivity index (χ1n) is 4.03. The first kappa shape index (κ1) is 11.9. The Balaban J connectivity index is 3.83. The molecule has 0 heterocycles. The lowest BCUT2D eigenvalue weighted by Gasteiger charge is -2.20. The molecular formula is C9H16N2O2. The number of carbonyl (C=O) groups is 1. The molecule has 0 aromatic carbocycles. The van der Waals surface area contributed by atoms with Crippen molar-refractivity contribution in [2.24, 2.45) is 5.73 Å². The highest BCUT2D eigenvalue weighted by atomic mass is 16.7. The van der Waals surface area contributed by atoms with Crippen LogP contribution in [-0.4, -0.2) is 17.6 Å². The average Bonchev–Trinajstić information content (AvgIpc) is 1.99. The summed E-state index contributed by atoms with van der Waals surface area (Å²) in [5.41, 5.74) is 7.25. The maximum atomic E-state index is 11.1. The molecule has 1 atom stereocenters. The van der Waals surface area contributed by atoms with Gasteiger partial charge in [-0.1, -0.05) is 0 Å². The van der Waals surface area contributed by atoms with Gasteiger partial charge in [0.05, 0.1) is 11.6 Å². The molecule has 13 heavy (non-hydrogen) atoms. The van der Waals surface area contributed by atoms with Crippen LogP contribution in [-0.2, 0) is 9.63 Å². The molecule has 0 saturated heterocycles. The van der Waals surface area contributed by atoms with Crippen LogP contribution in [0.15, 0.2) is 0 Å². The molecule has 0 aliphatic carbocycles. The van der Waals surface area contributed by atoms with Crippen LogP contribution in [0.3, 0.4) is 0 Å². The van der Waals surface area contributed by atoms with Crippen LogP contribution >= 0.6 is 0 Å². The lowest BCUT2D eigenvalue weighted by molar-refractivity contribution is -0.146. The minimum atomic E-state index is -0.702. The Morgan fingerprint density at radius 2 is 2.23 bits per heavy atom. The minimum absolute atomic E-state index is 0.208. The highest BCUT2D eigenvalue weighted by Crippen LogP contribution is 2.03. The maximum Gasteiger partial charge on any atom is 0.261 e. The molecule has 74 valence electrons. The highest BCUT2D eigenvalue weighted by Gasteiger charge is 2.16.